The lowest BCUT2D eigenvalue weighted by atomic mass is 10.2. The number of fused-ring (bicyclic) bond motifs is 2. The zero-order valence-electron chi connectivity index (χ0n) is 14.5. The molecule has 134 valence electrons. The SMILES string of the molecule is CCOc1ccc2oc(-c3cnc4ccc(OCCCN)nn34)cc2c1. The Balaban J connectivity index is 1.71. The highest BCUT2D eigenvalue weighted by molar-refractivity contribution is 5.83. The lowest BCUT2D eigenvalue weighted by Gasteiger charge is -2.05. The zero-order chi connectivity index (χ0) is 17.9. The van der Waals surface area contributed by atoms with Crippen molar-refractivity contribution in [3.05, 3.63) is 42.6 Å². The van der Waals surface area contributed by atoms with E-state index in [2.05, 4.69) is 10.1 Å². The lowest BCUT2D eigenvalue weighted by Crippen LogP contribution is -2.07. The molecule has 3 heterocycles. The van der Waals surface area contributed by atoms with E-state index in [9.17, 15) is 0 Å². The van der Waals surface area contributed by atoms with Gasteiger partial charge in [0.05, 0.1) is 19.4 Å². The van der Waals surface area contributed by atoms with Crippen molar-refractivity contribution < 1.29 is 13.9 Å². The average Bonchev–Trinajstić information content (AvgIpc) is 3.25. The summed E-state index contributed by atoms with van der Waals surface area (Å²) in [5.74, 6) is 2.03. The molecule has 0 aliphatic carbocycles. The smallest absolute Gasteiger partial charge is 0.231 e. The van der Waals surface area contributed by atoms with Crippen molar-refractivity contribution in [2.45, 2.75) is 13.3 Å². The molecule has 0 unspecified atom stereocenters. The van der Waals surface area contributed by atoms with Crippen molar-refractivity contribution in [1.82, 2.24) is 14.6 Å². The van der Waals surface area contributed by atoms with Gasteiger partial charge in [-0.2, -0.15) is 0 Å². The first-order valence-corrected chi connectivity index (χ1v) is 8.63. The molecule has 0 radical (unpaired) electrons. The highest BCUT2D eigenvalue weighted by atomic mass is 16.5. The second-order valence-electron chi connectivity index (χ2n) is 5.82. The summed E-state index contributed by atoms with van der Waals surface area (Å²) in [5.41, 5.74) is 7.77. The summed E-state index contributed by atoms with van der Waals surface area (Å²) in [4.78, 5) is 4.39. The quantitative estimate of drug-likeness (QED) is 0.514. The summed E-state index contributed by atoms with van der Waals surface area (Å²) in [6.07, 6.45) is 2.52. The van der Waals surface area contributed by atoms with E-state index in [0.717, 1.165) is 34.5 Å². The van der Waals surface area contributed by atoms with Crippen LogP contribution in [0.1, 0.15) is 13.3 Å². The Morgan fingerprint density at radius 3 is 2.92 bits per heavy atom. The van der Waals surface area contributed by atoms with Gasteiger partial charge in [-0.15, -0.1) is 5.10 Å². The number of hydrogen-bond acceptors (Lipinski definition) is 6. The number of rotatable bonds is 7. The molecule has 7 heteroatoms. The topological polar surface area (TPSA) is 87.8 Å². The fraction of sp³-hybridized carbons (Fsp3) is 0.263. The van der Waals surface area contributed by atoms with E-state index in [4.69, 9.17) is 19.6 Å². The van der Waals surface area contributed by atoms with Crippen LogP contribution in [-0.2, 0) is 0 Å². The zero-order valence-corrected chi connectivity index (χ0v) is 14.5. The second kappa shape index (κ2) is 7.05. The molecule has 3 aromatic heterocycles. The van der Waals surface area contributed by atoms with Crippen LogP contribution in [-0.4, -0.2) is 34.4 Å². The van der Waals surface area contributed by atoms with Crippen LogP contribution in [0.3, 0.4) is 0 Å². The molecule has 2 N–H and O–H groups in total. The van der Waals surface area contributed by atoms with Crippen molar-refractivity contribution in [2.75, 3.05) is 19.8 Å². The van der Waals surface area contributed by atoms with Crippen LogP contribution >= 0.6 is 0 Å². The first-order valence-electron chi connectivity index (χ1n) is 8.63. The molecular formula is C19H20N4O3. The summed E-state index contributed by atoms with van der Waals surface area (Å²) < 4.78 is 18.9. The van der Waals surface area contributed by atoms with Crippen molar-refractivity contribution in [3.63, 3.8) is 0 Å². The van der Waals surface area contributed by atoms with Gasteiger partial charge in [0.25, 0.3) is 0 Å². The molecule has 0 amide bonds. The maximum Gasteiger partial charge on any atom is 0.231 e. The molecule has 0 aliphatic heterocycles. The van der Waals surface area contributed by atoms with Gasteiger partial charge in [-0.25, -0.2) is 9.50 Å². The molecule has 0 saturated heterocycles. The van der Waals surface area contributed by atoms with Crippen LogP contribution in [0.5, 0.6) is 11.6 Å². The molecule has 26 heavy (non-hydrogen) atoms. The molecule has 1 aromatic carbocycles. The highest BCUT2D eigenvalue weighted by Gasteiger charge is 2.13. The van der Waals surface area contributed by atoms with Gasteiger partial charge in [-0.3, -0.25) is 0 Å². The van der Waals surface area contributed by atoms with Crippen LogP contribution in [0.2, 0.25) is 0 Å². The van der Waals surface area contributed by atoms with Crippen molar-refractivity contribution in [1.29, 1.82) is 0 Å². The summed E-state index contributed by atoms with van der Waals surface area (Å²) in [5, 5.41) is 5.48. The summed E-state index contributed by atoms with van der Waals surface area (Å²) in [6.45, 7) is 3.70. The standard InChI is InChI=1S/C19H20N4O3/c1-2-24-14-4-5-16-13(10-14)11-17(26-16)15-12-21-18-6-7-19(22-23(15)18)25-9-3-8-20/h4-7,10-12H,2-3,8-9,20H2,1H3. The molecular weight excluding hydrogens is 332 g/mol. The number of imidazole rings is 1. The Bertz CT molecular complexity index is 1040. The number of hydrogen-bond donors (Lipinski definition) is 1. The van der Waals surface area contributed by atoms with E-state index in [0.29, 0.717) is 31.4 Å². The number of ether oxygens (including phenoxy) is 2. The van der Waals surface area contributed by atoms with Crippen molar-refractivity contribution in [3.8, 4) is 23.1 Å². The minimum Gasteiger partial charge on any atom is -0.494 e. The largest absolute Gasteiger partial charge is 0.494 e. The second-order valence-corrected chi connectivity index (χ2v) is 5.82. The van der Waals surface area contributed by atoms with E-state index >= 15 is 0 Å². The number of aromatic nitrogens is 3. The normalized spacial score (nSPS) is 11.3. The molecule has 7 nitrogen and oxygen atoms in total. The van der Waals surface area contributed by atoms with Gasteiger partial charge in [0.1, 0.15) is 17.0 Å². The molecule has 0 aliphatic rings. The molecule has 0 fully saturated rings. The minimum atomic E-state index is 0.528. The van der Waals surface area contributed by atoms with Gasteiger partial charge in [0.15, 0.2) is 11.4 Å². The maximum atomic E-state index is 5.98. The fourth-order valence-electron chi connectivity index (χ4n) is 2.77. The summed E-state index contributed by atoms with van der Waals surface area (Å²) in [7, 11) is 0. The molecule has 0 saturated carbocycles. The predicted octanol–water partition coefficient (Wildman–Crippen LogP) is 3.27. The molecule has 4 rings (SSSR count). The van der Waals surface area contributed by atoms with Crippen LogP contribution in [0.25, 0.3) is 28.1 Å². The lowest BCUT2D eigenvalue weighted by molar-refractivity contribution is 0.297. The van der Waals surface area contributed by atoms with Gasteiger partial charge in [-0.05, 0) is 50.2 Å². The van der Waals surface area contributed by atoms with Crippen LogP contribution < -0.4 is 15.2 Å². The van der Waals surface area contributed by atoms with Gasteiger partial charge in [0, 0.05) is 11.5 Å². The maximum absolute atomic E-state index is 5.98. The molecule has 0 spiro atoms. The Hall–Kier alpha value is -3.06. The first-order chi connectivity index (χ1) is 12.8. The molecule has 0 bridgehead atoms. The van der Waals surface area contributed by atoms with E-state index < -0.39 is 0 Å². The Morgan fingerprint density at radius 1 is 1.15 bits per heavy atom. The third-order valence-corrected chi connectivity index (χ3v) is 3.99. The van der Waals surface area contributed by atoms with E-state index in [1.54, 1.807) is 16.8 Å². The van der Waals surface area contributed by atoms with Gasteiger partial charge in [0.2, 0.25) is 5.88 Å². The number of benzene rings is 1. The predicted molar refractivity (Wildman–Crippen MR) is 98.5 cm³/mol. The Morgan fingerprint density at radius 2 is 2.08 bits per heavy atom. The fourth-order valence-corrected chi connectivity index (χ4v) is 2.77. The third-order valence-electron chi connectivity index (χ3n) is 3.99. The van der Waals surface area contributed by atoms with E-state index in [-0.39, 0.29) is 0 Å². The number of nitrogens with zero attached hydrogens (tertiary/aromatic N) is 3. The number of furan rings is 1. The van der Waals surface area contributed by atoms with Crippen molar-refractivity contribution in [2.24, 2.45) is 5.73 Å². The molecule has 0 atom stereocenters. The summed E-state index contributed by atoms with van der Waals surface area (Å²) in [6, 6.07) is 11.4. The van der Waals surface area contributed by atoms with Crippen LogP contribution in [0.15, 0.2) is 47.0 Å². The van der Waals surface area contributed by atoms with Crippen molar-refractivity contribution >= 4 is 16.6 Å². The van der Waals surface area contributed by atoms with Gasteiger partial charge >= 0.3 is 0 Å². The third kappa shape index (κ3) is 3.09. The average molecular weight is 352 g/mol. The van der Waals surface area contributed by atoms with Crippen LogP contribution in [0.4, 0.5) is 0 Å². The van der Waals surface area contributed by atoms with E-state index in [1.165, 1.54) is 0 Å². The summed E-state index contributed by atoms with van der Waals surface area (Å²) >= 11 is 0. The first kappa shape index (κ1) is 16.4. The Labute approximate surface area is 150 Å². The monoisotopic (exact) mass is 352 g/mol. The van der Waals surface area contributed by atoms with Gasteiger partial charge < -0.3 is 19.6 Å². The van der Waals surface area contributed by atoms with Crippen LogP contribution in [0, 0.1) is 0 Å². The minimum absolute atomic E-state index is 0.528. The Kier molecular flexibility index (Phi) is 4.45. The molecule has 4 aromatic rings. The number of nitrogens with two attached hydrogens (primary N) is 1. The van der Waals surface area contributed by atoms with E-state index in [1.807, 2.05) is 37.3 Å². The highest BCUT2D eigenvalue weighted by Crippen LogP contribution is 2.30. The van der Waals surface area contributed by atoms with Gasteiger partial charge in [-0.1, -0.05) is 0 Å².